The van der Waals surface area contributed by atoms with Crippen LogP contribution in [0.1, 0.15) is 0 Å². The molecule has 0 aliphatic rings. The first-order chi connectivity index (χ1) is 29.7. The number of benzene rings is 7. The predicted molar refractivity (Wildman–Crippen MR) is 241 cm³/mol. The molecular formula is C45H32B3N3O11. The lowest BCUT2D eigenvalue weighted by Gasteiger charge is -2.20. The minimum atomic E-state index is -1.26. The zero-order valence-corrected chi connectivity index (χ0v) is 33.0. The number of hydrogen-bond donors (Lipinski definition) is 10. The van der Waals surface area contributed by atoms with Gasteiger partial charge in [0, 0.05) is 16.3 Å². The SMILES string of the molecule is Bc1c(B)c(O)c(O)c(-c2nc(-c3c(O)c(O)c(O)c(O)c3O)nc(-c3c(O)c(-c4ccc(-c5ccccc5)cc4)c(O)c(-c4cccc5c4oc4ccccc45)c3O)n2)c1B. The zero-order chi connectivity index (χ0) is 43.9. The molecule has 0 saturated heterocycles. The molecule has 10 N–H and O–H groups in total. The van der Waals surface area contributed by atoms with Gasteiger partial charge in [-0.15, -0.1) is 0 Å². The van der Waals surface area contributed by atoms with Crippen LogP contribution in [0.5, 0.6) is 57.5 Å². The van der Waals surface area contributed by atoms with Crippen LogP contribution in [0.25, 0.3) is 89.5 Å². The highest BCUT2D eigenvalue weighted by molar-refractivity contribution is 6.59. The number of para-hydroxylation sites is 2. The van der Waals surface area contributed by atoms with Crippen LogP contribution in [0.15, 0.2) is 101 Å². The van der Waals surface area contributed by atoms with E-state index in [1.165, 1.54) is 0 Å². The maximum atomic E-state index is 12.5. The Balaban J connectivity index is 1.41. The molecule has 9 aromatic rings. The molecule has 0 saturated carbocycles. The molecule has 0 radical (unpaired) electrons. The van der Waals surface area contributed by atoms with Crippen molar-refractivity contribution in [2.45, 2.75) is 0 Å². The molecule has 14 nitrogen and oxygen atoms in total. The monoisotopic (exact) mass is 823 g/mol. The van der Waals surface area contributed by atoms with Crippen molar-refractivity contribution in [1.82, 2.24) is 15.0 Å². The number of aromatic nitrogens is 3. The molecule has 9 rings (SSSR count). The second-order valence-electron chi connectivity index (χ2n) is 14.8. The third kappa shape index (κ3) is 5.81. The fourth-order valence-electron chi connectivity index (χ4n) is 7.86. The highest BCUT2D eigenvalue weighted by atomic mass is 16.4. The Morgan fingerprint density at radius 3 is 1.45 bits per heavy atom. The highest BCUT2D eigenvalue weighted by Crippen LogP contribution is 2.58. The maximum absolute atomic E-state index is 12.5. The molecule has 0 atom stereocenters. The Kier molecular flexibility index (Phi) is 9.05. The van der Waals surface area contributed by atoms with Crippen LogP contribution in [0.3, 0.4) is 0 Å². The first kappa shape index (κ1) is 39.0. The summed E-state index contributed by atoms with van der Waals surface area (Å²) >= 11 is 0. The molecule has 17 heteroatoms. The molecule has 0 aliphatic heterocycles. The molecule has 2 heterocycles. The van der Waals surface area contributed by atoms with Gasteiger partial charge in [-0.2, -0.15) is 0 Å². The molecule has 62 heavy (non-hydrogen) atoms. The summed E-state index contributed by atoms with van der Waals surface area (Å²) in [6, 6.07) is 28.7. The van der Waals surface area contributed by atoms with Crippen LogP contribution in [-0.2, 0) is 0 Å². The molecule has 0 spiro atoms. The molecular weight excluding hydrogens is 791 g/mol. The molecule has 0 aliphatic carbocycles. The van der Waals surface area contributed by atoms with Crippen molar-refractivity contribution in [1.29, 1.82) is 0 Å². The topological polar surface area (TPSA) is 254 Å². The van der Waals surface area contributed by atoms with E-state index in [2.05, 4.69) is 15.0 Å². The smallest absolute Gasteiger partial charge is 0.208 e. The lowest BCUT2D eigenvalue weighted by molar-refractivity contribution is 0.329. The number of fused-ring (bicyclic) bond motifs is 3. The summed E-state index contributed by atoms with van der Waals surface area (Å²) in [6.45, 7) is 0. The maximum Gasteiger partial charge on any atom is 0.208 e. The largest absolute Gasteiger partial charge is 0.506 e. The van der Waals surface area contributed by atoms with Gasteiger partial charge in [0.1, 0.15) is 63.1 Å². The lowest BCUT2D eigenvalue weighted by Crippen LogP contribution is -2.40. The van der Waals surface area contributed by atoms with E-state index < -0.39 is 86.1 Å². The van der Waals surface area contributed by atoms with E-state index in [9.17, 15) is 51.1 Å². The molecule has 0 fully saturated rings. The van der Waals surface area contributed by atoms with Crippen molar-refractivity contribution in [2.75, 3.05) is 0 Å². The summed E-state index contributed by atoms with van der Waals surface area (Å²) in [4.78, 5) is 13.3. The number of aromatic hydroxyl groups is 10. The van der Waals surface area contributed by atoms with Gasteiger partial charge in [-0.1, -0.05) is 107 Å². The molecule has 0 unspecified atom stereocenters. The number of rotatable bonds is 6. The molecule has 2 aromatic heterocycles. The fraction of sp³-hybridized carbons (Fsp3) is 0. The van der Waals surface area contributed by atoms with Crippen molar-refractivity contribution >= 4 is 61.9 Å². The number of hydrogen-bond acceptors (Lipinski definition) is 14. The average Bonchev–Trinajstić information content (AvgIpc) is 3.66. The Morgan fingerprint density at radius 2 is 0.806 bits per heavy atom. The first-order valence-corrected chi connectivity index (χ1v) is 19.0. The summed E-state index contributed by atoms with van der Waals surface area (Å²) in [5.74, 6) is -11.1. The van der Waals surface area contributed by atoms with E-state index in [1.807, 2.05) is 48.5 Å². The molecule has 0 amide bonds. The third-order valence-electron chi connectivity index (χ3n) is 11.4. The second-order valence-corrected chi connectivity index (χ2v) is 14.8. The fourth-order valence-corrected chi connectivity index (χ4v) is 7.86. The Labute approximate surface area is 353 Å². The van der Waals surface area contributed by atoms with Gasteiger partial charge in [-0.25, -0.2) is 15.0 Å². The average molecular weight is 823 g/mol. The highest BCUT2D eigenvalue weighted by Gasteiger charge is 2.33. The number of furan rings is 1. The normalized spacial score (nSPS) is 11.4. The van der Waals surface area contributed by atoms with Gasteiger partial charge >= 0.3 is 0 Å². The summed E-state index contributed by atoms with van der Waals surface area (Å²) in [6.07, 6.45) is 0. The van der Waals surface area contributed by atoms with Gasteiger partial charge < -0.3 is 55.5 Å². The van der Waals surface area contributed by atoms with E-state index >= 15 is 0 Å². The quantitative estimate of drug-likeness (QED) is 0.0654. The summed E-state index contributed by atoms with van der Waals surface area (Å²) in [5, 5.41) is 114. The predicted octanol–water partition coefficient (Wildman–Crippen LogP) is 3.60. The first-order valence-electron chi connectivity index (χ1n) is 19.0. The number of phenolic OH excluding ortho intramolecular Hbond substituents is 10. The van der Waals surface area contributed by atoms with Gasteiger partial charge in [0.15, 0.2) is 40.5 Å². The van der Waals surface area contributed by atoms with Crippen LogP contribution < -0.4 is 16.4 Å². The van der Waals surface area contributed by atoms with E-state index in [0.29, 0.717) is 27.4 Å². The van der Waals surface area contributed by atoms with Crippen molar-refractivity contribution in [2.24, 2.45) is 0 Å². The molecule has 7 aromatic carbocycles. The van der Waals surface area contributed by atoms with Crippen LogP contribution in [0.2, 0.25) is 0 Å². The standard InChI is InChI=1S/C45H32B3N3O11/c46-29-26(35(55)38(58)31(48)30(29)47)43-49-44(51-45(50-43)28-36(56)39(59)41(61)40(60)37(28)57)27-33(53)24(19-15-13-18(14-16-19)17-7-2-1-3-8-17)32(52)25(34(27)54)22-11-6-10-21-20-9-4-5-12-23(20)62-42(21)22/h1-16,52-61H,46-48H2. The van der Waals surface area contributed by atoms with E-state index in [1.54, 1.807) is 72.1 Å². The number of nitrogens with zero attached hydrogens (tertiary/aromatic N) is 3. The Hall–Kier alpha value is -8.46. The van der Waals surface area contributed by atoms with Crippen LogP contribution >= 0.6 is 0 Å². The Morgan fingerprint density at radius 1 is 0.339 bits per heavy atom. The van der Waals surface area contributed by atoms with Crippen molar-refractivity contribution in [3.05, 3.63) is 97.1 Å². The lowest BCUT2D eigenvalue weighted by atomic mass is 9.69. The van der Waals surface area contributed by atoms with Gasteiger partial charge in [-0.3, -0.25) is 0 Å². The minimum Gasteiger partial charge on any atom is -0.506 e. The van der Waals surface area contributed by atoms with E-state index in [0.717, 1.165) is 16.5 Å². The summed E-state index contributed by atoms with van der Waals surface area (Å²) < 4.78 is 6.30. The summed E-state index contributed by atoms with van der Waals surface area (Å²) in [5.41, 5.74) is 2.29. The van der Waals surface area contributed by atoms with Gasteiger partial charge in [-0.05, 0) is 22.8 Å². The van der Waals surface area contributed by atoms with Crippen molar-refractivity contribution in [3.8, 4) is 125 Å². The van der Waals surface area contributed by atoms with Gasteiger partial charge in [0.05, 0.1) is 16.7 Å². The van der Waals surface area contributed by atoms with E-state index in [-0.39, 0.29) is 33.4 Å². The Bertz CT molecular complexity index is 3200. The van der Waals surface area contributed by atoms with Crippen LogP contribution in [-0.4, -0.2) is 89.6 Å². The van der Waals surface area contributed by atoms with Crippen LogP contribution in [0, 0.1) is 0 Å². The second kappa shape index (κ2) is 14.4. The van der Waals surface area contributed by atoms with E-state index in [4.69, 9.17) is 4.42 Å². The summed E-state index contributed by atoms with van der Waals surface area (Å²) in [7, 11) is 4.85. The van der Waals surface area contributed by atoms with Gasteiger partial charge in [0.2, 0.25) is 17.2 Å². The van der Waals surface area contributed by atoms with Gasteiger partial charge in [0.25, 0.3) is 0 Å². The number of phenols is 10. The van der Waals surface area contributed by atoms with Crippen LogP contribution in [0.4, 0.5) is 0 Å². The third-order valence-corrected chi connectivity index (χ3v) is 11.4. The molecule has 302 valence electrons. The van der Waals surface area contributed by atoms with Crippen molar-refractivity contribution in [3.63, 3.8) is 0 Å². The minimum absolute atomic E-state index is 0.163. The van der Waals surface area contributed by atoms with Crippen molar-refractivity contribution < 1.29 is 55.5 Å². The zero-order valence-electron chi connectivity index (χ0n) is 33.0. The molecule has 0 bridgehead atoms.